The predicted octanol–water partition coefficient (Wildman–Crippen LogP) is 5.82. The lowest BCUT2D eigenvalue weighted by Crippen LogP contribution is -2.20. The molecule has 1 aliphatic carbocycles. The van der Waals surface area contributed by atoms with Gasteiger partial charge in [0, 0.05) is 35.8 Å². The third kappa shape index (κ3) is 6.46. The Morgan fingerprint density at radius 1 is 1.00 bits per heavy atom. The first-order valence-corrected chi connectivity index (χ1v) is 10.7. The summed E-state index contributed by atoms with van der Waals surface area (Å²) >= 11 is 0. The molecule has 1 aromatic heterocycles. The Balaban J connectivity index is 1.39. The summed E-state index contributed by atoms with van der Waals surface area (Å²) in [7, 11) is 0. The third-order valence-corrected chi connectivity index (χ3v) is 5.15. The van der Waals surface area contributed by atoms with Crippen LogP contribution in [0.1, 0.15) is 30.9 Å². The van der Waals surface area contributed by atoms with Crippen LogP contribution in [-0.4, -0.2) is 21.9 Å². The number of benzene rings is 2. The molecule has 0 atom stereocenters. The molecule has 0 unspecified atom stereocenters. The fourth-order valence-electron chi connectivity index (χ4n) is 3.20. The number of aromatic nitrogens is 2. The molecule has 8 nitrogen and oxygen atoms in total. The molecule has 0 aliphatic heterocycles. The van der Waals surface area contributed by atoms with Gasteiger partial charge in [-0.1, -0.05) is 0 Å². The molecule has 3 aromatic rings. The number of ether oxygens (including phenoxy) is 1. The van der Waals surface area contributed by atoms with Crippen LogP contribution < -0.4 is 20.7 Å². The number of carbonyl (C=O) groups is 2. The van der Waals surface area contributed by atoms with Crippen LogP contribution >= 0.6 is 0 Å². The fourth-order valence-corrected chi connectivity index (χ4v) is 3.20. The van der Waals surface area contributed by atoms with Crippen LogP contribution in [-0.2, 0) is 10.7 Å². The van der Waals surface area contributed by atoms with Gasteiger partial charge in [0.2, 0.25) is 11.8 Å². The molecule has 0 saturated heterocycles. The van der Waals surface area contributed by atoms with E-state index in [0.29, 0.717) is 35.8 Å². The summed E-state index contributed by atoms with van der Waals surface area (Å²) in [6.07, 6.45) is 3.02. The van der Waals surface area contributed by atoms with E-state index in [-0.39, 0.29) is 23.4 Å². The number of carbonyl (C=O) groups excluding carboxylic acids is 2. The van der Waals surface area contributed by atoms with E-state index in [4.69, 9.17) is 4.74 Å². The number of rotatable bonds is 7. The molecule has 0 spiro atoms. The molecule has 1 aliphatic rings. The maximum absolute atomic E-state index is 13.7. The van der Waals surface area contributed by atoms with Gasteiger partial charge in [-0.25, -0.2) is 27.9 Å². The van der Waals surface area contributed by atoms with Gasteiger partial charge in [0.05, 0.1) is 0 Å². The van der Waals surface area contributed by atoms with Gasteiger partial charge >= 0.3 is 6.03 Å². The van der Waals surface area contributed by atoms with Crippen molar-refractivity contribution in [2.75, 3.05) is 16.0 Å². The van der Waals surface area contributed by atoms with Gasteiger partial charge in [-0.2, -0.15) is 0 Å². The Bertz CT molecular complexity index is 1280. The smallest absolute Gasteiger partial charge is 0.323 e. The molecule has 2 aromatic carbocycles. The molecule has 1 fully saturated rings. The van der Waals surface area contributed by atoms with Crippen LogP contribution in [0.5, 0.6) is 11.6 Å². The lowest BCUT2D eigenvalue weighted by atomic mass is 10.1. The highest BCUT2D eigenvalue weighted by Crippen LogP contribution is 2.32. The molecule has 35 heavy (non-hydrogen) atoms. The summed E-state index contributed by atoms with van der Waals surface area (Å²) < 4.78 is 46.5. The Kier molecular flexibility index (Phi) is 6.59. The van der Waals surface area contributed by atoms with Gasteiger partial charge in [0.25, 0.3) is 5.92 Å². The van der Waals surface area contributed by atoms with Crippen molar-refractivity contribution in [2.45, 2.75) is 32.6 Å². The van der Waals surface area contributed by atoms with Crippen molar-refractivity contribution in [3.63, 3.8) is 0 Å². The second-order valence-corrected chi connectivity index (χ2v) is 8.28. The number of halogens is 3. The zero-order valence-electron chi connectivity index (χ0n) is 18.9. The molecule has 4 rings (SSSR count). The molecular weight excluding hydrogens is 463 g/mol. The average molecular weight is 485 g/mol. The normalized spacial score (nSPS) is 13.2. The van der Waals surface area contributed by atoms with Crippen LogP contribution in [0.15, 0.2) is 48.8 Å². The van der Waals surface area contributed by atoms with Gasteiger partial charge in [-0.3, -0.25) is 4.79 Å². The molecule has 182 valence electrons. The molecule has 3 N–H and O–H groups in total. The Hall–Kier alpha value is -4.15. The van der Waals surface area contributed by atoms with E-state index in [1.165, 1.54) is 12.4 Å². The zero-order valence-corrected chi connectivity index (χ0v) is 18.9. The van der Waals surface area contributed by atoms with Crippen molar-refractivity contribution < 1.29 is 27.5 Å². The number of alkyl halides is 2. The first-order valence-electron chi connectivity index (χ1n) is 10.7. The van der Waals surface area contributed by atoms with Gasteiger partial charge < -0.3 is 20.7 Å². The number of hydrogen-bond acceptors (Lipinski definition) is 5. The van der Waals surface area contributed by atoms with Crippen molar-refractivity contribution in [3.8, 4) is 11.6 Å². The second kappa shape index (κ2) is 9.61. The Morgan fingerprint density at radius 2 is 1.74 bits per heavy atom. The first-order chi connectivity index (χ1) is 16.6. The zero-order chi connectivity index (χ0) is 25.2. The minimum Gasteiger partial charge on any atom is -0.439 e. The first kappa shape index (κ1) is 24.0. The third-order valence-electron chi connectivity index (χ3n) is 5.15. The number of nitrogens with one attached hydrogen (secondary N) is 3. The summed E-state index contributed by atoms with van der Waals surface area (Å²) in [5.41, 5.74) is 0.391. The van der Waals surface area contributed by atoms with E-state index < -0.39 is 23.3 Å². The van der Waals surface area contributed by atoms with Crippen LogP contribution in [0.25, 0.3) is 0 Å². The van der Waals surface area contributed by atoms with E-state index in [1.54, 1.807) is 25.1 Å². The standard InChI is InChI=1S/C24H22F3N5O3/c1-13-7-17(30-23(34)31-18-9-15(24(2,26)27)8-16(25)10-18)5-6-19(13)35-21-11-20(28-12-29-21)32-22(33)14-3-4-14/h5-12,14H,3-4H2,1-2H3,(H2,30,31,34)(H,28,29,32,33). The molecule has 1 saturated carbocycles. The van der Waals surface area contributed by atoms with Crippen LogP contribution in [0.3, 0.4) is 0 Å². The summed E-state index contributed by atoms with van der Waals surface area (Å²) in [4.78, 5) is 32.3. The van der Waals surface area contributed by atoms with E-state index in [0.717, 1.165) is 25.0 Å². The lowest BCUT2D eigenvalue weighted by molar-refractivity contribution is -0.117. The van der Waals surface area contributed by atoms with Gasteiger partial charge in [0.15, 0.2) is 0 Å². The van der Waals surface area contributed by atoms with Crippen molar-refractivity contribution in [3.05, 3.63) is 65.7 Å². The van der Waals surface area contributed by atoms with Crippen LogP contribution in [0, 0.1) is 18.7 Å². The SMILES string of the molecule is Cc1cc(NC(=O)Nc2cc(F)cc(C(C)(F)F)c2)ccc1Oc1cc(NC(=O)C2CC2)ncn1. The fraction of sp³-hybridized carbons (Fsp3) is 0.250. The average Bonchev–Trinajstić information content (AvgIpc) is 3.60. The number of hydrogen-bond donors (Lipinski definition) is 3. The van der Waals surface area contributed by atoms with E-state index in [2.05, 4.69) is 25.9 Å². The van der Waals surface area contributed by atoms with Gasteiger partial charge in [0.1, 0.15) is 23.7 Å². The highest BCUT2D eigenvalue weighted by Gasteiger charge is 2.30. The summed E-state index contributed by atoms with van der Waals surface area (Å²) in [6.45, 7) is 2.39. The second-order valence-electron chi connectivity index (χ2n) is 8.28. The number of anilines is 3. The van der Waals surface area contributed by atoms with Crippen molar-refractivity contribution >= 4 is 29.1 Å². The van der Waals surface area contributed by atoms with Crippen LogP contribution in [0.4, 0.5) is 35.2 Å². The van der Waals surface area contributed by atoms with E-state index in [1.807, 2.05) is 0 Å². The summed E-state index contributed by atoms with van der Waals surface area (Å²) in [5, 5.41) is 7.62. The minimum atomic E-state index is -3.25. The summed E-state index contributed by atoms with van der Waals surface area (Å²) in [5.74, 6) is -3.19. The van der Waals surface area contributed by atoms with Crippen molar-refractivity contribution in [2.24, 2.45) is 5.92 Å². The maximum atomic E-state index is 13.7. The molecular formula is C24H22F3N5O3. The highest BCUT2D eigenvalue weighted by molar-refractivity contribution is 6.00. The molecule has 1 heterocycles. The van der Waals surface area contributed by atoms with Gasteiger partial charge in [-0.05, 0) is 61.7 Å². The number of urea groups is 1. The monoisotopic (exact) mass is 485 g/mol. The minimum absolute atomic E-state index is 0.0318. The van der Waals surface area contributed by atoms with Crippen molar-refractivity contribution in [1.82, 2.24) is 9.97 Å². The van der Waals surface area contributed by atoms with E-state index >= 15 is 0 Å². The highest BCUT2D eigenvalue weighted by atomic mass is 19.3. The number of aryl methyl sites for hydroxylation is 1. The Labute approximate surface area is 198 Å². The van der Waals surface area contributed by atoms with Gasteiger partial charge in [-0.15, -0.1) is 0 Å². The lowest BCUT2D eigenvalue weighted by Gasteiger charge is -2.14. The molecule has 0 bridgehead atoms. The topological polar surface area (TPSA) is 105 Å². The number of nitrogens with zero attached hydrogens (tertiary/aromatic N) is 2. The molecule has 3 amide bonds. The summed E-state index contributed by atoms with van der Waals surface area (Å²) in [6, 6.07) is 8.24. The molecule has 0 radical (unpaired) electrons. The Morgan fingerprint density at radius 3 is 2.43 bits per heavy atom. The molecule has 11 heteroatoms. The van der Waals surface area contributed by atoms with Crippen molar-refractivity contribution in [1.29, 1.82) is 0 Å². The van der Waals surface area contributed by atoms with E-state index in [9.17, 15) is 22.8 Å². The quantitative estimate of drug-likeness (QED) is 0.391. The van der Waals surface area contributed by atoms with Crippen LogP contribution in [0.2, 0.25) is 0 Å². The maximum Gasteiger partial charge on any atom is 0.323 e. The predicted molar refractivity (Wildman–Crippen MR) is 123 cm³/mol. The number of amides is 3. The largest absolute Gasteiger partial charge is 0.439 e.